The molecule has 158 valence electrons. The van der Waals surface area contributed by atoms with Gasteiger partial charge in [-0.1, -0.05) is 6.07 Å². The highest BCUT2D eigenvalue weighted by atomic mass is 19.4. The first kappa shape index (κ1) is 21.1. The SMILES string of the molecule is CCOC(=O)[C@@H]1CCCN([C@@H]2CC(=O)N(c3cccc(OC(F)(F)F)c3)C2=O)C1. The molecule has 1 aromatic rings. The van der Waals surface area contributed by atoms with Gasteiger partial charge in [-0.3, -0.25) is 19.3 Å². The first-order chi connectivity index (χ1) is 13.7. The predicted octanol–water partition coefficient (Wildman–Crippen LogP) is 2.49. The van der Waals surface area contributed by atoms with Crippen molar-refractivity contribution in [3.05, 3.63) is 24.3 Å². The molecule has 7 nitrogen and oxygen atoms in total. The quantitative estimate of drug-likeness (QED) is 0.544. The van der Waals surface area contributed by atoms with Crippen molar-refractivity contribution in [2.24, 2.45) is 5.92 Å². The van der Waals surface area contributed by atoms with Crippen molar-refractivity contribution < 1.29 is 37.0 Å². The summed E-state index contributed by atoms with van der Waals surface area (Å²) in [6.07, 6.45) is -3.66. The van der Waals surface area contributed by atoms with Crippen LogP contribution in [-0.2, 0) is 19.1 Å². The maximum atomic E-state index is 12.9. The van der Waals surface area contributed by atoms with Gasteiger partial charge in [0.05, 0.1) is 30.7 Å². The lowest BCUT2D eigenvalue weighted by Crippen LogP contribution is -2.48. The van der Waals surface area contributed by atoms with Crippen molar-refractivity contribution in [2.45, 2.75) is 38.6 Å². The van der Waals surface area contributed by atoms with Crippen LogP contribution in [0.1, 0.15) is 26.2 Å². The molecule has 0 N–H and O–H groups in total. The summed E-state index contributed by atoms with van der Waals surface area (Å²) in [6, 6.07) is 3.99. The number of imide groups is 1. The molecule has 0 unspecified atom stereocenters. The molecular formula is C19H21F3N2O5. The summed E-state index contributed by atoms with van der Waals surface area (Å²) >= 11 is 0. The molecule has 2 saturated heterocycles. The van der Waals surface area contributed by atoms with Gasteiger partial charge in [0.25, 0.3) is 5.91 Å². The van der Waals surface area contributed by atoms with Crippen molar-refractivity contribution in [1.82, 2.24) is 4.90 Å². The van der Waals surface area contributed by atoms with Gasteiger partial charge in [0.15, 0.2) is 0 Å². The van der Waals surface area contributed by atoms with E-state index in [1.807, 2.05) is 0 Å². The monoisotopic (exact) mass is 414 g/mol. The van der Waals surface area contributed by atoms with Crippen LogP contribution in [0.3, 0.4) is 0 Å². The number of likely N-dealkylation sites (tertiary alicyclic amines) is 1. The number of carbonyl (C=O) groups excluding carboxylic acids is 3. The van der Waals surface area contributed by atoms with Crippen LogP contribution in [0.5, 0.6) is 5.75 Å². The summed E-state index contributed by atoms with van der Waals surface area (Å²) in [6.45, 7) is 2.82. The lowest BCUT2D eigenvalue weighted by Gasteiger charge is -2.34. The van der Waals surface area contributed by atoms with Crippen molar-refractivity contribution in [1.29, 1.82) is 0 Å². The van der Waals surface area contributed by atoms with E-state index < -0.39 is 30.0 Å². The maximum Gasteiger partial charge on any atom is 0.573 e. The minimum Gasteiger partial charge on any atom is -0.466 e. The molecule has 29 heavy (non-hydrogen) atoms. The number of piperidine rings is 1. The Kier molecular flexibility index (Phi) is 6.11. The van der Waals surface area contributed by atoms with E-state index in [0.717, 1.165) is 17.0 Å². The lowest BCUT2D eigenvalue weighted by molar-refractivity contribution is -0.274. The van der Waals surface area contributed by atoms with E-state index >= 15 is 0 Å². The van der Waals surface area contributed by atoms with Gasteiger partial charge in [0.2, 0.25) is 5.91 Å². The fourth-order valence-corrected chi connectivity index (χ4v) is 3.73. The van der Waals surface area contributed by atoms with Gasteiger partial charge in [-0.15, -0.1) is 13.2 Å². The number of ether oxygens (including phenoxy) is 2. The maximum absolute atomic E-state index is 12.9. The molecule has 0 bridgehead atoms. The normalized spacial score (nSPS) is 23.4. The van der Waals surface area contributed by atoms with E-state index in [1.54, 1.807) is 11.8 Å². The van der Waals surface area contributed by atoms with Gasteiger partial charge in [-0.05, 0) is 38.4 Å². The number of amides is 2. The summed E-state index contributed by atoms with van der Waals surface area (Å²) in [5, 5.41) is 0. The Balaban J connectivity index is 1.75. The van der Waals surface area contributed by atoms with Crippen LogP contribution in [-0.4, -0.2) is 54.8 Å². The second kappa shape index (κ2) is 8.40. The number of alkyl halides is 3. The molecule has 3 rings (SSSR count). The molecule has 2 amide bonds. The minimum atomic E-state index is -4.88. The van der Waals surface area contributed by atoms with E-state index in [1.165, 1.54) is 12.1 Å². The van der Waals surface area contributed by atoms with Gasteiger partial charge in [-0.2, -0.15) is 0 Å². The number of hydrogen-bond acceptors (Lipinski definition) is 6. The van der Waals surface area contributed by atoms with E-state index in [2.05, 4.69) is 4.74 Å². The highest BCUT2D eigenvalue weighted by Gasteiger charge is 2.44. The molecule has 2 heterocycles. The zero-order valence-corrected chi connectivity index (χ0v) is 15.8. The summed E-state index contributed by atoms with van der Waals surface area (Å²) in [5.41, 5.74) is 0.0169. The van der Waals surface area contributed by atoms with E-state index in [-0.39, 0.29) is 30.6 Å². The molecule has 2 atom stereocenters. The van der Waals surface area contributed by atoms with Crippen molar-refractivity contribution in [2.75, 3.05) is 24.6 Å². The Hall–Kier alpha value is -2.62. The third-order valence-electron chi connectivity index (χ3n) is 4.95. The molecule has 10 heteroatoms. The highest BCUT2D eigenvalue weighted by Crippen LogP contribution is 2.32. The van der Waals surface area contributed by atoms with Crippen molar-refractivity contribution in [3.63, 3.8) is 0 Å². The average Bonchev–Trinajstić information content (AvgIpc) is 2.95. The Morgan fingerprint density at radius 3 is 2.72 bits per heavy atom. The van der Waals surface area contributed by atoms with Crippen LogP contribution in [0.15, 0.2) is 24.3 Å². The van der Waals surface area contributed by atoms with Crippen LogP contribution < -0.4 is 9.64 Å². The molecule has 2 aliphatic rings. The number of carbonyl (C=O) groups is 3. The highest BCUT2D eigenvalue weighted by molar-refractivity contribution is 6.22. The van der Waals surface area contributed by atoms with E-state index in [4.69, 9.17) is 4.74 Å². The van der Waals surface area contributed by atoms with Crippen LogP contribution in [0.2, 0.25) is 0 Å². The smallest absolute Gasteiger partial charge is 0.466 e. The molecule has 1 aromatic carbocycles. The van der Waals surface area contributed by atoms with Gasteiger partial charge >= 0.3 is 12.3 Å². The molecule has 0 spiro atoms. The first-order valence-corrected chi connectivity index (χ1v) is 9.33. The molecule has 0 aliphatic carbocycles. The van der Waals surface area contributed by atoms with Crippen LogP contribution >= 0.6 is 0 Å². The number of anilines is 1. The Morgan fingerprint density at radius 1 is 1.28 bits per heavy atom. The predicted molar refractivity (Wildman–Crippen MR) is 95.0 cm³/mol. The number of hydrogen-bond donors (Lipinski definition) is 0. The average molecular weight is 414 g/mol. The first-order valence-electron chi connectivity index (χ1n) is 9.33. The number of nitrogens with zero attached hydrogens (tertiary/aromatic N) is 2. The van der Waals surface area contributed by atoms with Crippen molar-refractivity contribution in [3.8, 4) is 5.75 Å². The molecule has 0 saturated carbocycles. The summed E-state index contributed by atoms with van der Waals surface area (Å²) < 4.78 is 46.3. The van der Waals surface area contributed by atoms with E-state index in [9.17, 15) is 27.6 Å². The zero-order valence-electron chi connectivity index (χ0n) is 15.8. The molecule has 0 radical (unpaired) electrons. The zero-order chi connectivity index (χ0) is 21.2. The van der Waals surface area contributed by atoms with Gasteiger partial charge in [0, 0.05) is 12.6 Å². The van der Waals surface area contributed by atoms with Gasteiger partial charge < -0.3 is 9.47 Å². The Bertz CT molecular complexity index is 798. The number of esters is 1. The minimum absolute atomic E-state index is 0.0169. The summed E-state index contributed by atoms with van der Waals surface area (Å²) in [4.78, 5) is 40.1. The molecule has 2 aliphatic heterocycles. The second-order valence-corrected chi connectivity index (χ2v) is 6.92. The van der Waals surface area contributed by atoms with Crippen molar-refractivity contribution >= 4 is 23.5 Å². The van der Waals surface area contributed by atoms with Crippen LogP contribution in [0.25, 0.3) is 0 Å². The number of benzene rings is 1. The fourth-order valence-electron chi connectivity index (χ4n) is 3.73. The number of rotatable bonds is 5. The largest absolute Gasteiger partial charge is 0.573 e. The fraction of sp³-hybridized carbons (Fsp3) is 0.526. The standard InChI is InChI=1S/C19H21F3N2O5/c1-2-28-18(27)12-5-4-8-23(11-12)15-10-16(25)24(17(15)26)13-6-3-7-14(9-13)29-19(20,21)22/h3,6-7,9,12,15H,2,4-5,8,10-11H2,1H3/t12-,15-/m1/s1. The lowest BCUT2D eigenvalue weighted by atomic mass is 9.96. The summed E-state index contributed by atoms with van der Waals surface area (Å²) in [5.74, 6) is -2.25. The van der Waals surface area contributed by atoms with E-state index in [0.29, 0.717) is 25.9 Å². The molecule has 0 aromatic heterocycles. The third-order valence-corrected chi connectivity index (χ3v) is 4.95. The Labute approximate surface area is 165 Å². The van der Waals surface area contributed by atoms with Crippen LogP contribution in [0.4, 0.5) is 18.9 Å². The molecular weight excluding hydrogens is 393 g/mol. The molecule has 2 fully saturated rings. The topological polar surface area (TPSA) is 76.2 Å². The second-order valence-electron chi connectivity index (χ2n) is 6.92. The summed E-state index contributed by atoms with van der Waals surface area (Å²) in [7, 11) is 0. The van der Waals surface area contributed by atoms with Gasteiger partial charge in [0.1, 0.15) is 5.75 Å². The van der Waals surface area contributed by atoms with Gasteiger partial charge in [-0.25, -0.2) is 4.90 Å². The Morgan fingerprint density at radius 2 is 2.03 bits per heavy atom. The number of halogens is 3. The third kappa shape index (κ3) is 4.87. The van der Waals surface area contributed by atoms with Crippen LogP contribution in [0, 0.1) is 5.92 Å².